The molecule has 5 heteroatoms. The first kappa shape index (κ1) is 11.8. The average Bonchev–Trinajstić information content (AvgIpc) is 2.00. The quantitative estimate of drug-likeness (QED) is 0.371. The Bertz CT molecular complexity index is 106. The molecule has 0 heterocycles. The lowest BCUT2D eigenvalue weighted by Crippen LogP contribution is -2.34. The summed E-state index contributed by atoms with van der Waals surface area (Å²) in [5, 5.41) is 35.0. The van der Waals surface area contributed by atoms with Crippen molar-refractivity contribution in [2.75, 3.05) is 13.2 Å². The van der Waals surface area contributed by atoms with Gasteiger partial charge in [-0.2, -0.15) is 0 Å². The first-order chi connectivity index (χ1) is 5.61. The zero-order valence-electron chi connectivity index (χ0n) is 7.05. The van der Waals surface area contributed by atoms with Gasteiger partial charge < -0.3 is 25.2 Å². The molecule has 0 saturated carbocycles. The van der Waals surface area contributed by atoms with Crippen molar-refractivity contribution in [2.24, 2.45) is 0 Å². The SMILES string of the molecule is C[C@H](O)C(CO)O[C@H](O)CCO. The summed E-state index contributed by atoms with van der Waals surface area (Å²) < 4.78 is 4.80. The van der Waals surface area contributed by atoms with Crippen molar-refractivity contribution in [1.29, 1.82) is 0 Å². The Hall–Kier alpha value is -0.200. The van der Waals surface area contributed by atoms with Gasteiger partial charge in [-0.3, -0.25) is 0 Å². The largest absolute Gasteiger partial charge is 0.396 e. The Morgan fingerprint density at radius 3 is 2.17 bits per heavy atom. The molecule has 0 spiro atoms. The first-order valence-electron chi connectivity index (χ1n) is 3.85. The van der Waals surface area contributed by atoms with Crippen molar-refractivity contribution >= 4 is 0 Å². The summed E-state index contributed by atoms with van der Waals surface area (Å²) >= 11 is 0. The minimum absolute atomic E-state index is 0.0726. The molecule has 5 nitrogen and oxygen atoms in total. The van der Waals surface area contributed by atoms with E-state index < -0.39 is 18.5 Å². The maximum atomic E-state index is 9.00. The van der Waals surface area contributed by atoms with E-state index >= 15 is 0 Å². The van der Waals surface area contributed by atoms with Crippen LogP contribution in [0.15, 0.2) is 0 Å². The maximum Gasteiger partial charge on any atom is 0.157 e. The van der Waals surface area contributed by atoms with E-state index in [1.54, 1.807) is 0 Å². The summed E-state index contributed by atoms with van der Waals surface area (Å²) in [4.78, 5) is 0. The lowest BCUT2D eigenvalue weighted by molar-refractivity contribution is -0.178. The molecule has 3 atom stereocenters. The third-order valence-corrected chi connectivity index (χ3v) is 1.43. The van der Waals surface area contributed by atoms with Crippen LogP contribution >= 0.6 is 0 Å². The molecule has 0 aliphatic heterocycles. The highest BCUT2D eigenvalue weighted by atomic mass is 16.6. The van der Waals surface area contributed by atoms with Crippen LogP contribution < -0.4 is 0 Å². The van der Waals surface area contributed by atoms with Crippen LogP contribution in [-0.4, -0.2) is 52.1 Å². The van der Waals surface area contributed by atoms with Gasteiger partial charge in [-0.05, 0) is 6.92 Å². The Morgan fingerprint density at radius 1 is 1.25 bits per heavy atom. The van der Waals surface area contributed by atoms with Crippen molar-refractivity contribution < 1.29 is 25.2 Å². The van der Waals surface area contributed by atoms with E-state index in [-0.39, 0.29) is 19.6 Å². The van der Waals surface area contributed by atoms with Crippen LogP contribution in [0.25, 0.3) is 0 Å². The molecule has 0 aliphatic rings. The smallest absolute Gasteiger partial charge is 0.157 e. The standard InChI is InChI=1S/C7H16O5/c1-5(10)6(4-9)12-7(11)2-3-8/h5-11H,2-4H2,1H3/t5-,6?,7-/m0/s1. The highest BCUT2D eigenvalue weighted by Gasteiger charge is 2.17. The predicted molar refractivity (Wildman–Crippen MR) is 41.3 cm³/mol. The molecule has 0 amide bonds. The Kier molecular flexibility index (Phi) is 6.23. The maximum absolute atomic E-state index is 9.00. The van der Waals surface area contributed by atoms with Crippen molar-refractivity contribution in [3.63, 3.8) is 0 Å². The zero-order valence-corrected chi connectivity index (χ0v) is 7.05. The molecule has 0 radical (unpaired) electrons. The predicted octanol–water partition coefficient (Wildman–Crippen LogP) is -1.55. The second kappa shape index (κ2) is 6.33. The third-order valence-electron chi connectivity index (χ3n) is 1.43. The summed E-state index contributed by atoms with van der Waals surface area (Å²) in [6, 6.07) is 0. The summed E-state index contributed by atoms with van der Waals surface area (Å²) in [5.74, 6) is 0. The van der Waals surface area contributed by atoms with Crippen LogP contribution in [0, 0.1) is 0 Å². The average molecular weight is 180 g/mol. The highest BCUT2D eigenvalue weighted by molar-refractivity contribution is 4.63. The number of aliphatic hydroxyl groups is 4. The Balaban J connectivity index is 3.69. The molecule has 0 fully saturated rings. The number of hydrogen-bond donors (Lipinski definition) is 4. The summed E-state index contributed by atoms with van der Waals surface area (Å²) in [6.45, 7) is 0.895. The van der Waals surface area contributed by atoms with Gasteiger partial charge in [0.05, 0.1) is 12.7 Å². The molecule has 0 aromatic carbocycles. The van der Waals surface area contributed by atoms with Crippen LogP contribution in [-0.2, 0) is 4.74 Å². The second-order valence-electron chi connectivity index (χ2n) is 2.56. The van der Waals surface area contributed by atoms with Crippen molar-refractivity contribution in [2.45, 2.75) is 31.8 Å². The van der Waals surface area contributed by atoms with Gasteiger partial charge in [0.25, 0.3) is 0 Å². The summed E-state index contributed by atoms with van der Waals surface area (Å²) in [7, 11) is 0. The van der Waals surface area contributed by atoms with Gasteiger partial charge in [-0.15, -0.1) is 0 Å². The molecule has 0 aromatic rings. The van der Waals surface area contributed by atoms with E-state index in [9.17, 15) is 0 Å². The lowest BCUT2D eigenvalue weighted by atomic mass is 10.2. The minimum Gasteiger partial charge on any atom is -0.396 e. The number of aliphatic hydroxyl groups excluding tert-OH is 4. The van der Waals surface area contributed by atoms with Crippen LogP contribution in [0.5, 0.6) is 0 Å². The van der Waals surface area contributed by atoms with Crippen molar-refractivity contribution in [1.82, 2.24) is 0 Å². The fraction of sp³-hybridized carbons (Fsp3) is 1.00. The molecular formula is C7H16O5. The van der Waals surface area contributed by atoms with E-state index in [4.69, 9.17) is 25.2 Å². The molecular weight excluding hydrogens is 164 g/mol. The van der Waals surface area contributed by atoms with Crippen LogP contribution in [0.3, 0.4) is 0 Å². The molecule has 0 saturated heterocycles. The third kappa shape index (κ3) is 4.63. The Morgan fingerprint density at radius 2 is 1.83 bits per heavy atom. The van der Waals surface area contributed by atoms with Gasteiger partial charge in [-0.25, -0.2) is 0 Å². The monoisotopic (exact) mass is 180 g/mol. The van der Waals surface area contributed by atoms with Gasteiger partial charge >= 0.3 is 0 Å². The molecule has 0 aliphatic carbocycles. The van der Waals surface area contributed by atoms with E-state index in [2.05, 4.69) is 0 Å². The molecule has 0 aromatic heterocycles. The number of ether oxygens (including phenoxy) is 1. The van der Waals surface area contributed by atoms with Crippen LogP contribution in [0.2, 0.25) is 0 Å². The summed E-state index contributed by atoms with van der Waals surface area (Å²) in [6.07, 6.45) is -2.71. The normalized spacial score (nSPS) is 18.8. The molecule has 4 N–H and O–H groups in total. The van der Waals surface area contributed by atoms with E-state index in [0.29, 0.717) is 0 Å². The Labute approximate surface area is 71.2 Å². The number of rotatable bonds is 6. The van der Waals surface area contributed by atoms with Crippen LogP contribution in [0.4, 0.5) is 0 Å². The van der Waals surface area contributed by atoms with E-state index in [0.717, 1.165) is 0 Å². The van der Waals surface area contributed by atoms with Crippen LogP contribution in [0.1, 0.15) is 13.3 Å². The minimum atomic E-state index is -1.14. The number of hydrogen-bond acceptors (Lipinski definition) is 5. The van der Waals surface area contributed by atoms with Gasteiger partial charge in [-0.1, -0.05) is 0 Å². The molecule has 0 bridgehead atoms. The zero-order chi connectivity index (χ0) is 9.56. The van der Waals surface area contributed by atoms with Crippen molar-refractivity contribution in [3.8, 4) is 0 Å². The topological polar surface area (TPSA) is 90.2 Å². The van der Waals surface area contributed by atoms with E-state index in [1.165, 1.54) is 6.92 Å². The fourth-order valence-corrected chi connectivity index (χ4v) is 0.690. The molecule has 74 valence electrons. The van der Waals surface area contributed by atoms with E-state index in [1.807, 2.05) is 0 Å². The summed E-state index contributed by atoms with van der Waals surface area (Å²) in [5.41, 5.74) is 0. The van der Waals surface area contributed by atoms with Gasteiger partial charge in [0.15, 0.2) is 6.29 Å². The molecule has 12 heavy (non-hydrogen) atoms. The van der Waals surface area contributed by atoms with Crippen molar-refractivity contribution in [3.05, 3.63) is 0 Å². The van der Waals surface area contributed by atoms with Gasteiger partial charge in [0.2, 0.25) is 0 Å². The first-order valence-corrected chi connectivity index (χ1v) is 3.85. The fourth-order valence-electron chi connectivity index (χ4n) is 0.690. The van der Waals surface area contributed by atoms with Gasteiger partial charge in [0.1, 0.15) is 6.10 Å². The lowest BCUT2D eigenvalue weighted by Gasteiger charge is -2.21. The van der Waals surface area contributed by atoms with Gasteiger partial charge in [0, 0.05) is 13.0 Å². The highest BCUT2D eigenvalue weighted by Crippen LogP contribution is 2.03. The molecule has 0 rings (SSSR count). The second-order valence-corrected chi connectivity index (χ2v) is 2.56. The molecule has 1 unspecified atom stereocenters.